The van der Waals surface area contributed by atoms with E-state index in [0.29, 0.717) is 24.3 Å². The Morgan fingerprint density at radius 3 is 2.30 bits per heavy atom. The number of allylic oxidation sites excluding steroid dienone is 1. The summed E-state index contributed by atoms with van der Waals surface area (Å²) in [5.41, 5.74) is 1.89. The zero-order valence-corrected chi connectivity index (χ0v) is 13.8. The zero-order chi connectivity index (χ0) is 16.4. The highest BCUT2D eigenvalue weighted by atomic mass is 19.3. The molecule has 0 N–H and O–H groups in total. The van der Waals surface area contributed by atoms with Crippen molar-refractivity contribution in [2.45, 2.75) is 70.1 Å². The lowest BCUT2D eigenvalue weighted by molar-refractivity contribution is 0.308. The van der Waals surface area contributed by atoms with Gasteiger partial charge in [0, 0.05) is 0 Å². The van der Waals surface area contributed by atoms with E-state index in [1.807, 2.05) is 12.1 Å². The molecule has 1 aromatic carbocycles. The van der Waals surface area contributed by atoms with Gasteiger partial charge in [-0.25, -0.2) is 4.39 Å². The summed E-state index contributed by atoms with van der Waals surface area (Å²) in [5, 5.41) is 0. The van der Waals surface area contributed by atoms with Crippen molar-refractivity contribution in [1.82, 2.24) is 0 Å². The first-order chi connectivity index (χ1) is 11.1. The molecule has 0 bridgehead atoms. The first-order valence-corrected chi connectivity index (χ1v) is 8.90. The minimum Gasteiger partial charge on any atom is -0.207 e. The molecule has 0 aromatic heterocycles. The third-order valence-corrected chi connectivity index (χ3v) is 5.73. The van der Waals surface area contributed by atoms with E-state index >= 15 is 0 Å². The molecule has 0 unspecified atom stereocenters. The van der Waals surface area contributed by atoms with E-state index in [1.54, 1.807) is 6.07 Å². The van der Waals surface area contributed by atoms with Crippen LogP contribution in [-0.4, -0.2) is 0 Å². The van der Waals surface area contributed by atoms with Crippen LogP contribution in [0.25, 0.3) is 0 Å². The number of hydrogen-bond donors (Lipinski definition) is 0. The van der Waals surface area contributed by atoms with Crippen LogP contribution in [0.3, 0.4) is 0 Å². The normalized spacial score (nSPS) is 27.7. The van der Waals surface area contributed by atoms with E-state index < -0.39 is 6.08 Å². The predicted molar refractivity (Wildman–Crippen MR) is 87.2 cm³/mol. The predicted octanol–water partition coefficient (Wildman–Crippen LogP) is 6.93. The van der Waals surface area contributed by atoms with Gasteiger partial charge in [0.1, 0.15) is 5.82 Å². The molecule has 1 aromatic rings. The molecule has 23 heavy (non-hydrogen) atoms. The van der Waals surface area contributed by atoms with Gasteiger partial charge in [0.05, 0.1) is 0 Å². The first kappa shape index (κ1) is 16.6. The van der Waals surface area contributed by atoms with Crippen molar-refractivity contribution >= 4 is 0 Å². The van der Waals surface area contributed by atoms with E-state index in [1.165, 1.54) is 25.7 Å². The topological polar surface area (TPSA) is 0 Å². The molecule has 3 rings (SSSR count). The van der Waals surface area contributed by atoms with E-state index in [2.05, 4.69) is 6.92 Å². The smallest absolute Gasteiger partial charge is 0.207 e. The maximum absolute atomic E-state index is 14.4. The Kier molecular flexibility index (Phi) is 5.13. The van der Waals surface area contributed by atoms with Crippen molar-refractivity contribution in [2.75, 3.05) is 0 Å². The zero-order valence-electron chi connectivity index (χ0n) is 13.8. The second-order valence-corrected chi connectivity index (χ2v) is 7.26. The molecule has 3 heteroatoms. The molecular formula is C20H25F3. The van der Waals surface area contributed by atoms with Crippen molar-refractivity contribution in [3.8, 4) is 0 Å². The summed E-state index contributed by atoms with van der Waals surface area (Å²) < 4.78 is 39.3. The number of rotatable bonds is 4. The Hall–Kier alpha value is -1.25. The van der Waals surface area contributed by atoms with Gasteiger partial charge in [-0.2, -0.15) is 8.78 Å². The van der Waals surface area contributed by atoms with Crippen molar-refractivity contribution in [2.24, 2.45) is 5.92 Å². The highest BCUT2D eigenvalue weighted by Gasteiger charge is 2.31. The molecular weight excluding hydrogens is 297 g/mol. The van der Waals surface area contributed by atoms with Crippen molar-refractivity contribution in [3.63, 3.8) is 0 Å². The Morgan fingerprint density at radius 1 is 1.04 bits per heavy atom. The third-order valence-electron chi connectivity index (χ3n) is 5.73. The van der Waals surface area contributed by atoms with E-state index in [4.69, 9.17) is 0 Å². The summed E-state index contributed by atoms with van der Waals surface area (Å²) in [5.74, 6) is 1.03. The van der Waals surface area contributed by atoms with Crippen LogP contribution >= 0.6 is 0 Å². The Bertz CT molecular complexity index is 571. The molecule has 0 aliphatic heterocycles. The average Bonchev–Trinajstić information content (AvgIpc) is 2.48. The van der Waals surface area contributed by atoms with Crippen LogP contribution in [0, 0.1) is 11.7 Å². The fourth-order valence-electron chi connectivity index (χ4n) is 4.23. The first-order valence-electron chi connectivity index (χ1n) is 8.90. The maximum Gasteiger partial charge on any atom is 0.269 e. The van der Waals surface area contributed by atoms with Crippen LogP contribution in [-0.2, 0) is 0 Å². The Balaban J connectivity index is 1.63. The van der Waals surface area contributed by atoms with E-state index in [-0.39, 0.29) is 17.3 Å². The van der Waals surface area contributed by atoms with Gasteiger partial charge < -0.3 is 0 Å². The van der Waals surface area contributed by atoms with Gasteiger partial charge in [0.25, 0.3) is 6.08 Å². The van der Waals surface area contributed by atoms with Crippen LogP contribution in [0.2, 0.25) is 0 Å². The quantitative estimate of drug-likeness (QED) is 0.564. The largest absolute Gasteiger partial charge is 0.269 e. The molecule has 0 saturated heterocycles. The summed E-state index contributed by atoms with van der Waals surface area (Å²) in [6, 6.07) is 5.52. The average molecular weight is 322 g/mol. The summed E-state index contributed by atoms with van der Waals surface area (Å²) in [6.07, 6.45) is 6.37. The van der Waals surface area contributed by atoms with Crippen molar-refractivity contribution in [1.29, 1.82) is 0 Å². The lowest BCUT2D eigenvalue weighted by Crippen LogP contribution is -2.16. The van der Waals surface area contributed by atoms with E-state index in [0.717, 1.165) is 24.3 Å². The second kappa shape index (κ2) is 7.11. The van der Waals surface area contributed by atoms with Crippen LogP contribution in [0.5, 0.6) is 0 Å². The standard InChI is InChI=1S/C20H25F3/c1-2-3-13-4-6-14(7-5-13)15-8-9-18(19(21)12-15)16-10-17(11-16)20(22)23/h8-9,12-14,16H,2-7,10-11H2,1H3/t13-,14-. The molecule has 0 atom stereocenters. The van der Waals surface area contributed by atoms with Gasteiger partial charge >= 0.3 is 0 Å². The number of hydrogen-bond acceptors (Lipinski definition) is 0. The lowest BCUT2D eigenvalue weighted by Gasteiger charge is -2.31. The summed E-state index contributed by atoms with van der Waals surface area (Å²) in [4.78, 5) is 0. The minimum atomic E-state index is -1.58. The molecule has 0 nitrogen and oxygen atoms in total. The fourth-order valence-corrected chi connectivity index (χ4v) is 4.23. The summed E-state index contributed by atoms with van der Waals surface area (Å²) in [7, 11) is 0. The van der Waals surface area contributed by atoms with Crippen LogP contribution < -0.4 is 0 Å². The van der Waals surface area contributed by atoms with Gasteiger partial charge in [-0.05, 0) is 79.0 Å². The fraction of sp³-hybridized carbons (Fsp3) is 0.600. The number of halogens is 3. The molecule has 126 valence electrons. The van der Waals surface area contributed by atoms with Gasteiger partial charge in [-0.1, -0.05) is 31.9 Å². The minimum absolute atomic E-state index is 0.0687. The van der Waals surface area contributed by atoms with Crippen LogP contribution in [0.15, 0.2) is 29.9 Å². The highest BCUT2D eigenvalue weighted by molar-refractivity contribution is 5.35. The Morgan fingerprint density at radius 2 is 1.74 bits per heavy atom. The second-order valence-electron chi connectivity index (χ2n) is 7.26. The lowest BCUT2D eigenvalue weighted by atomic mass is 9.74. The van der Waals surface area contributed by atoms with Gasteiger partial charge in [0.15, 0.2) is 0 Å². The molecule has 0 amide bonds. The molecule has 2 aliphatic carbocycles. The highest BCUT2D eigenvalue weighted by Crippen LogP contribution is 2.45. The molecule has 0 radical (unpaired) electrons. The molecule has 0 spiro atoms. The Labute approximate surface area is 136 Å². The number of benzene rings is 1. The van der Waals surface area contributed by atoms with E-state index in [9.17, 15) is 13.2 Å². The molecule has 2 fully saturated rings. The van der Waals surface area contributed by atoms with Gasteiger partial charge in [0.2, 0.25) is 0 Å². The van der Waals surface area contributed by atoms with Crippen LogP contribution in [0.1, 0.15) is 81.3 Å². The molecule has 2 saturated carbocycles. The molecule has 2 aliphatic rings. The van der Waals surface area contributed by atoms with Crippen molar-refractivity contribution in [3.05, 3.63) is 46.8 Å². The monoisotopic (exact) mass is 322 g/mol. The summed E-state index contributed by atoms with van der Waals surface area (Å²) in [6.45, 7) is 2.23. The third kappa shape index (κ3) is 3.64. The maximum atomic E-state index is 14.4. The SMILES string of the molecule is CCC[C@H]1CC[C@H](c2ccc(C3CC(=C(F)F)C3)c(F)c2)CC1. The van der Waals surface area contributed by atoms with Gasteiger partial charge in [-0.3, -0.25) is 0 Å². The van der Waals surface area contributed by atoms with Crippen molar-refractivity contribution < 1.29 is 13.2 Å². The van der Waals surface area contributed by atoms with Crippen LogP contribution in [0.4, 0.5) is 13.2 Å². The summed E-state index contributed by atoms with van der Waals surface area (Å²) >= 11 is 0. The molecule has 0 heterocycles. The van der Waals surface area contributed by atoms with Gasteiger partial charge in [-0.15, -0.1) is 0 Å².